The fraction of sp³-hybridized carbons (Fsp3) is 0.579. The Kier molecular flexibility index (Phi) is 10.7. The van der Waals surface area contributed by atoms with Gasteiger partial charge in [0, 0.05) is 22.6 Å². The monoisotopic (exact) mass is 460 g/mol. The van der Waals surface area contributed by atoms with Crippen LogP contribution >= 0.6 is 22.6 Å². The van der Waals surface area contributed by atoms with Crippen LogP contribution in [0.15, 0.2) is 24.3 Å². The Balaban J connectivity index is 2.09. The van der Waals surface area contributed by atoms with Crippen LogP contribution in [0.2, 0.25) is 0 Å². The zero-order valence-electron chi connectivity index (χ0n) is 15.1. The Morgan fingerprint density at radius 1 is 1.12 bits per heavy atom. The lowest BCUT2D eigenvalue weighted by Gasteiger charge is -2.17. The lowest BCUT2D eigenvalue weighted by Crippen LogP contribution is -2.40. The van der Waals surface area contributed by atoms with Crippen molar-refractivity contribution in [2.75, 3.05) is 6.54 Å². The van der Waals surface area contributed by atoms with Crippen LogP contribution in [-0.2, 0) is 16.0 Å². The molecule has 0 saturated heterocycles. The fourth-order valence-electron chi connectivity index (χ4n) is 2.57. The van der Waals surface area contributed by atoms with E-state index in [-0.39, 0.29) is 11.9 Å². The molecule has 1 aromatic rings. The van der Waals surface area contributed by atoms with E-state index in [9.17, 15) is 9.59 Å². The molecule has 0 radical (unpaired) electrons. The lowest BCUT2D eigenvalue weighted by molar-refractivity contribution is -0.139. The standard InChI is InChI=1S/C19H29IN2O3/c1-14(2)22-17(19(24)25)7-3-4-13-21-18(23)8-5-6-15-9-11-16(20)12-10-15/h9-12,14,17,22H,3-8,13H2,1-2H3,(H,21,23)(H,24,25). The first kappa shape index (κ1) is 21.9. The first-order chi connectivity index (χ1) is 11.9. The highest BCUT2D eigenvalue weighted by molar-refractivity contribution is 14.1. The Morgan fingerprint density at radius 2 is 1.80 bits per heavy atom. The topological polar surface area (TPSA) is 78.4 Å². The number of amides is 1. The van der Waals surface area contributed by atoms with Crippen molar-refractivity contribution in [1.29, 1.82) is 0 Å². The van der Waals surface area contributed by atoms with Crippen molar-refractivity contribution in [3.63, 3.8) is 0 Å². The minimum absolute atomic E-state index is 0.0700. The summed E-state index contributed by atoms with van der Waals surface area (Å²) in [4.78, 5) is 22.9. The summed E-state index contributed by atoms with van der Waals surface area (Å²) in [7, 11) is 0. The quantitative estimate of drug-likeness (QED) is 0.330. The van der Waals surface area contributed by atoms with Crippen molar-refractivity contribution in [1.82, 2.24) is 10.6 Å². The molecule has 0 bridgehead atoms. The van der Waals surface area contributed by atoms with Crippen molar-refractivity contribution in [3.05, 3.63) is 33.4 Å². The molecule has 1 unspecified atom stereocenters. The Bertz CT molecular complexity index is 532. The molecule has 0 heterocycles. The molecule has 0 aromatic heterocycles. The predicted molar refractivity (Wildman–Crippen MR) is 109 cm³/mol. The highest BCUT2D eigenvalue weighted by Gasteiger charge is 2.17. The summed E-state index contributed by atoms with van der Waals surface area (Å²) in [6.07, 6.45) is 4.43. The number of aliphatic carboxylic acids is 1. The number of carbonyl (C=O) groups is 2. The van der Waals surface area contributed by atoms with E-state index < -0.39 is 12.0 Å². The summed E-state index contributed by atoms with van der Waals surface area (Å²) >= 11 is 2.28. The van der Waals surface area contributed by atoms with Crippen LogP contribution in [0.3, 0.4) is 0 Å². The maximum absolute atomic E-state index is 11.8. The summed E-state index contributed by atoms with van der Waals surface area (Å²) in [5.41, 5.74) is 1.26. The molecule has 0 fully saturated rings. The Labute approximate surface area is 164 Å². The number of carbonyl (C=O) groups excluding carboxylic acids is 1. The summed E-state index contributed by atoms with van der Waals surface area (Å²) in [6.45, 7) is 4.48. The number of nitrogens with one attached hydrogen (secondary N) is 2. The molecule has 0 aliphatic rings. The van der Waals surface area contributed by atoms with Crippen LogP contribution in [0.5, 0.6) is 0 Å². The zero-order valence-corrected chi connectivity index (χ0v) is 17.2. The number of rotatable bonds is 12. The second-order valence-corrected chi connectivity index (χ2v) is 7.78. The van der Waals surface area contributed by atoms with E-state index in [1.54, 1.807) is 0 Å². The van der Waals surface area contributed by atoms with Crippen molar-refractivity contribution < 1.29 is 14.7 Å². The number of unbranched alkanes of at least 4 members (excludes halogenated alkanes) is 1. The molecule has 0 aliphatic carbocycles. The minimum Gasteiger partial charge on any atom is -0.480 e. The van der Waals surface area contributed by atoms with Crippen LogP contribution in [0.1, 0.15) is 51.5 Å². The number of aryl methyl sites for hydroxylation is 1. The molecular formula is C19H29IN2O3. The molecule has 1 amide bonds. The molecular weight excluding hydrogens is 431 g/mol. The molecule has 5 nitrogen and oxygen atoms in total. The van der Waals surface area contributed by atoms with E-state index in [0.29, 0.717) is 19.4 Å². The SMILES string of the molecule is CC(C)NC(CCCCNC(=O)CCCc1ccc(I)cc1)C(=O)O. The molecule has 25 heavy (non-hydrogen) atoms. The van der Waals surface area contributed by atoms with Crippen LogP contribution in [0.4, 0.5) is 0 Å². The highest BCUT2D eigenvalue weighted by Crippen LogP contribution is 2.09. The minimum atomic E-state index is -0.812. The molecule has 0 spiro atoms. The van der Waals surface area contributed by atoms with Gasteiger partial charge in [0.2, 0.25) is 5.91 Å². The third kappa shape index (κ3) is 10.4. The Morgan fingerprint density at radius 3 is 2.40 bits per heavy atom. The van der Waals surface area contributed by atoms with Gasteiger partial charge in [-0.3, -0.25) is 9.59 Å². The molecule has 0 aliphatic heterocycles. The summed E-state index contributed by atoms with van der Waals surface area (Å²) in [6, 6.07) is 8.00. The van der Waals surface area contributed by atoms with E-state index >= 15 is 0 Å². The normalized spacial score (nSPS) is 12.2. The number of carboxylic acids is 1. The van der Waals surface area contributed by atoms with E-state index in [4.69, 9.17) is 5.11 Å². The molecule has 1 aromatic carbocycles. The van der Waals surface area contributed by atoms with E-state index in [1.807, 2.05) is 13.8 Å². The number of hydrogen-bond acceptors (Lipinski definition) is 3. The zero-order chi connectivity index (χ0) is 18.7. The van der Waals surface area contributed by atoms with Gasteiger partial charge >= 0.3 is 5.97 Å². The van der Waals surface area contributed by atoms with Crippen LogP contribution in [-0.4, -0.2) is 35.6 Å². The Hall–Kier alpha value is -1.15. The molecule has 0 saturated carbocycles. The fourth-order valence-corrected chi connectivity index (χ4v) is 2.93. The van der Waals surface area contributed by atoms with Crippen molar-refractivity contribution in [2.45, 2.75) is 64.5 Å². The summed E-state index contributed by atoms with van der Waals surface area (Å²) in [5, 5.41) is 15.1. The van der Waals surface area contributed by atoms with Gasteiger partial charge in [-0.25, -0.2) is 0 Å². The third-order valence-corrected chi connectivity index (χ3v) is 4.58. The number of halogens is 1. The maximum Gasteiger partial charge on any atom is 0.320 e. The molecule has 1 rings (SSSR count). The average molecular weight is 460 g/mol. The second kappa shape index (κ2) is 12.2. The van der Waals surface area contributed by atoms with Crippen LogP contribution in [0, 0.1) is 3.57 Å². The van der Waals surface area contributed by atoms with Gasteiger partial charge in [-0.15, -0.1) is 0 Å². The van der Waals surface area contributed by atoms with E-state index in [2.05, 4.69) is 57.5 Å². The predicted octanol–water partition coefficient (Wildman–Crippen LogP) is 3.35. The lowest BCUT2D eigenvalue weighted by atomic mass is 10.1. The van der Waals surface area contributed by atoms with E-state index in [0.717, 1.165) is 25.7 Å². The number of benzene rings is 1. The van der Waals surface area contributed by atoms with Crippen molar-refractivity contribution >= 4 is 34.5 Å². The van der Waals surface area contributed by atoms with Gasteiger partial charge in [-0.2, -0.15) is 0 Å². The second-order valence-electron chi connectivity index (χ2n) is 6.54. The maximum atomic E-state index is 11.8. The van der Waals surface area contributed by atoms with Gasteiger partial charge < -0.3 is 15.7 Å². The van der Waals surface area contributed by atoms with Gasteiger partial charge in [0.1, 0.15) is 6.04 Å². The first-order valence-electron chi connectivity index (χ1n) is 8.88. The highest BCUT2D eigenvalue weighted by atomic mass is 127. The van der Waals surface area contributed by atoms with Gasteiger partial charge in [-0.05, 0) is 72.4 Å². The molecule has 1 atom stereocenters. The van der Waals surface area contributed by atoms with Gasteiger partial charge in [0.15, 0.2) is 0 Å². The van der Waals surface area contributed by atoms with Crippen LogP contribution < -0.4 is 10.6 Å². The van der Waals surface area contributed by atoms with E-state index in [1.165, 1.54) is 9.13 Å². The first-order valence-corrected chi connectivity index (χ1v) is 9.96. The van der Waals surface area contributed by atoms with Gasteiger partial charge in [0.05, 0.1) is 0 Å². The van der Waals surface area contributed by atoms with Gasteiger partial charge in [0.25, 0.3) is 0 Å². The smallest absolute Gasteiger partial charge is 0.320 e. The van der Waals surface area contributed by atoms with Gasteiger partial charge in [-0.1, -0.05) is 26.0 Å². The van der Waals surface area contributed by atoms with Crippen molar-refractivity contribution in [2.24, 2.45) is 0 Å². The summed E-state index contributed by atoms with van der Waals surface area (Å²) in [5.74, 6) is -0.742. The average Bonchev–Trinajstić information content (AvgIpc) is 2.54. The van der Waals surface area contributed by atoms with Crippen molar-refractivity contribution in [3.8, 4) is 0 Å². The van der Waals surface area contributed by atoms with Crippen LogP contribution in [0.25, 0.3) is 0 Å². The molecule has 3 N–H and O–H groups in total. The number of carboxylic acid groups (broad SMARTS) is 1. The third-order valence-electron chi connectivity index (χ3n) is 3.86. The number of hydrogen-bond donors (Lipinski definition) is 3. The largest absolute Gasteiger partial charge is 0.480 e. The summed E-state index contributed by atoms with van der Waals surface area (Å²) < 4.78 is 1.22. The molecule has 6 heteroatoms. The molecule has 140 valence electrons.